The molecule has 3 aromatic heterocycles. The Labute approximate surface area is 213 Å². The van der Waals surface area contributed by atoms with Crippen LogP contribution in [0.25, 0.3) is 27.0 Å². The zero-order chi connectivity index (χ0) is 26.1. The van der Waals surface area contributed by atoms with E-state index in [0.29, 0.717) is 19.0 Å². The fraction of sp³-hybridized carbons (Fsp3) is 0.480. The Bertz CT molecular complexity index is 1450. The third-order valence-corrected chi connectivity index (χ3v) is 10.2. The molecule has 36 heavy (non-hydrogen) atoms. The smallest absolute Gasteiger partial charge is 0.213 e. The molecule has 0 atom stereocenters. The first-order valence-electron chi connectivity index (χ1n) is 12.0. The quantitative estimate of drug-likeness (QED) is 0.219. The van der Waals surface area contributed by atoms with Crippen LogP contribution in [0.5, 0.6) is 0 Å². The summed E-state index contributed by atoms with van der Waals surface area (Å²) < 4.78 is 35.8. The van der Waals surface area contributed by atoms with E-state index in [9.17, 15) is 13.7 Å². The molecule has 190 valence electrons. The van der Waals surface area contributed by atoms with Crippen LogP contribution in [0.15, 0.2) is 36.9 Å². The van der Waals surface area contributed by atoms with Crippen molar-refractivity contribution in [2.75, 3.05) is 25.4 Å². The maximum absolute atomic E-state index is 12.3. The topological polar surface area (TPSA) is 97.5 Å². The van der Waals surface area contributed by atoms with Crippen molar-refractivity contribution in [3.05, 3.63) is 48.3 Å². The van der Waals surface area contributed by atoms with E-state index < -0.39 is 23.6 Å². The molecule has 0 aliphatic carbocycles. The molecule has 0 aromatic carbocycles. The lowest BCUT2D eigenvalue weighted by Gasteiger charge is -2.49. The van der Waals surface area contributed by atoms with Crippen LogP contribution >= 0.6 is 0 Å². The molecule has 0 spiro atoms. The first kappa shape index (κ1) is 26.1. The zero-order valence-corrected chi connectivity index (χ0v) is 23.0. The van der Waals surface area contributed by atoms with Crippen molar-refractivity contribution < 1.29 is 13.2 Å². The summed E-state index contributed by atoms with van der Waals surface area (Å²) in [6.45, 7) is 17.9. The standard InChI is InChI=1S/C25H32N6O3SSi/c1-6-35(32,33)31-17-25(18-31,9-10-26)30-12-7-20(16-30)23-21-8-11-29(19-34-13-14-36(3,4)5)24(21)28-15-22(23)27-2/h7-8,11-12,15-16H,6,9,13-14,17-19H2,1,3-5H3. The van der Waals surface area contributed by atoms with Gasteiger partial charge in [0.2, 0.25) is 15.7 Å². The van der Waals surface area contributed by atoms with Gasteiger partial charge in [-0.3, -0.25) is 0 Å². The minimum Gasteiger partial charge on any atom is -0.361 e. The average molecular weight is 525 g/mol. The molecule has 0 radical (unpaired) electrons. The third kappa shape index (κ3) is 4.97. The predicted octanol–water partition coefficient (Wildman–Crippen LogP) is 4.64. The van der Waals surface area contributed by atoms with Crippen molar-refractivity contribution in [2.24, 2.45) is 0 Å². The molecule has 4 rings (SSSR count). The van der Waals surface area contributed by atoms with Gasteiger partial charge in [-0.15, -0.1) is 0 Å². The van der Waals surface area contributed by atoms with Crippen molar-refractivity contribution in [3.63, 3.8) is 0 Å². The van der Waals surface area contributed by atoms with Gasteiger partial charge in [-0.1, -0.05) is 19.6 Å². The minimum atomic E-state index is -3.31. The Kier molecular flexibility index (Phi) is 7.13. The number of sulfonamides is 1. The largest absolute Gasteiger partial charge is 0.361 e. The lowest BCUT2D eigenvalue weighted by molar-refractivity contribution is 0.0851. The molecule has 9 nitrogen and oxygen atoms in total. The van der Waals surface area contributed by atoms with Gasteiger partial charge in [-0.2, -0.15) is 9.57 Å². The zero-order valence-electron chi connectivity index (χ0n) is 21.2. The van der Waals surface area contributed by atoms with Gasteiger partial charge < -0.3 is 13.9 Å². The van der Waals surface area contributed by atoms with Crippen LogP contribution in [-0.2, 0) is 27.0 Å². The molecule has 0 unspecified atom stereocenters. The van der Waals surface area contributed by atoms with Crippen molar-refractivity contribution in [3.8, 4) is 17.2 Å². The fourth-order valence-corrected chi connectivity index (χ4v) is 6.50. The molecule has 11 heteroatoms. The number of aromatic nitrogens is 3. The Morgan fingerprint density at radius 2 is 2.03 bits per heavy atom. The second-order valence-corrected chi connectivity index (χ2v) is 18.4. The van der Waals surface area contributed by atoms with Crippen LogP contribution in [-0.4, -0.2) is 60.4 Å². The summed E-state index contributed by atoms with van der Waals surface area (Å²) in [5.74, 6) is 0.0365. The van der Waals surface area contributed by atoms with Gasteiger partial charge >= 0.3 is 0 Å². The lowest BCUT2D eigenvalue weighted by Crippen LogP contribution is -2.63. The highest BCUT2D eigenvalue weighted by atomic mass is 32.2. The van der Waals surface area contributed by atoms with E-state index in [1.165, 1.54) is 4.31 Å². The SMILES string of the molecule is [C-]#[N+]c1cnc2c(ccn2COCC[Si](C)(C)C)c1-c1ccn(C2(CC#N)CN(S(=O)(=O)CC)C2)c1. The van der Waals surface area contributed by atoms with Gasteiger partial charge in [0.25, 0.3) is 0 Å². The van der Waals surface area contributed by atoms with E-state index in [2.05, 4.69) is 35.5 Å². The number of hydrogen-bond donors (Lipinski definition) is 0. The molecule has 0 saturated carbocycles. The lowest BCUT2D eigenvalue weighted by atomic mass is 9.89. The second-order valence-electron chi connectivity index (χ2n) is 10.5. The molecular formula is C25H32N6O3SSi. The predicted molar refractivity (Wildman–Crippen MR) is 143 cm³/mol. The van der Waals surface area contributed by atoms with Gasteiger partial charge in [-0.05, 0) is 30.7 Å². The van der Waals surface area contributed by atoms with Crippen LogP contribution < -0.4 is 0 Å². The molecule has 0 bridgehead atoms. The Morgan fingerprint density at radius 3 is 2.67 bits per heavy atom. The summed E-state index contributed by atoms with van der Waals surface area (Å²) in [4.78, 5) is 8.25. The van der Waals surface area contributed by atoms with Crippen LogP contribution in [0.1, 0.15) is 13.3 Å². The van der Waals surface area contributed by atoms with E-state index in [-0.39, 0.29) is 25.3 Å². The first-order valence-corrected chi connectivity index (χ1v) is 17.3. The highest BCUT2D eigenvalue weighted by Crippen LogP contribution is 2.40. The number of nitriles is 1. The number of nitrogens with zero attached hydrogens (tertiary/aromatic N) is 6. The van der Waals surface area contributed by atoms with Gasteiger partial charge in [0.1, 0.15) is 12.4 Å². The van der Waals surface area contributed by atoms with Crippen molar-refractivity contribution >= 4 is 34.8 Å². The number of rotatable bonds is 10. The Hall–Kier alpha value is -2.96. The average Bonchev–Trinajstić information content (AvgIpc) is 3.45. The minimum absolute atomic E-state index is 0.0365. The summed E-state index contributed by atoms with van der Waals surface area (Å²) in [7, 11) is -4.48. The molecular weight excluding hydrogens is 492 g/mol. The Balaban J connectivity index is 1.64. The van der Waals surface area contributed by atoms with Crippen LogP contribution in [0.4, 0.5) is 5.69 Å². The maximum Gasteiger partial charge on any atom is 0.213 e. The molecule has 0 N–H and O–H groups in total. The molecule has 1 fully saturated rings. The second kappa shape index (κ2) is 9.83. The van der Waals surface area contributed by atoms with Gasteiger partial charge in [0.15, 0.2) is 0 Å². The fourth-order valence-electron chi connectivity index (χ4n) is 4.50. The van der Waals surface area contributed by atoms with Gasteiger partial charge in [-0.25, -0.2) is 18.2 Å². The monoisotopic (exact) mass is 524 g/mol. The summed E-state index contributed by atoms with van der Waals surface area (Å²) in [6, 6.07) is 7.18. The van der Waals surface area contributed by atoms with Gasteiger partial charge in [0, 0.05) is 63.5 Å². The molecule has 4 heterocycles. The summed E-state index contributed by atoms with van der Waals surface area (Å²) in [6.07, 6.45) is 7.50. The van der Waals surface area contributed by atoms with Crippen molar-refractivity contribution in [1.29, 1.82) is 5.26 Å². The third-order valence-electron chi connectivity index (χ3n) is 6.75. The van der Waals surface area contributed by atoms with Crippen LogP contribution in [0.2, 0.25) is 25.7 Å². The van der Waals surface area contributed by atoms with E-state index in [1.54, 1.807) is 13.1 Å². The van der Waals surface area contributed by atoms with E-state index in [0.717, 1.165) is 28.2 Å². The molecule has 1 aliphatic rings. The highest BCUT2D eigenvalue weighted by molar-refractivity contribution is 7.89. The molecule has 1 aliphatic heterocycles. The van der Waals surface area contributed by atoms with Crippen LogP contribution in [0, 0.1) is 17.9 Å². The van der Waals surface area contributed by atoms with E-state index in [1.807, 2.05) is 39.9 Å². The highest BCUT2D eigenvalue weighted by Gasteiger charge is 2.48. The van der Waals surface area contributed by atoms with Crippen LogP contribution in [0.3, 0.4) is 0 Å². The molecule has 1 saturated heterocycles. The summed E-state index contributed by atoms with van der Waals surface area (Å²) in [5, 5.41) is 10.3. The first-order chi connectivity index (χ1) is 17.0. The van der Waals surface area contributed by atoms with Crippen molar-refractivity contribution in [1.82, 2.24) is 18.4 Å². The number of hydrogen-bond acceptors (Lipinski definition) is 5. The number of ether oxygens (including phenoxy) is 1. The molecule has 3 aromatic rings. The normalized spacial score (nSPS) is 15.9. The van der Waals surface area contributed by atoms with E-state index >= 15 is 0 Å². The van der Waals surface area contributed by atoms with Crippen molar-refractivity contribution in [2.45, 2.75) is 51.3 Å². The summed E-state index contributed by atoms with van der Waals surface area (Å²) in [5.41, 5.74) is 2.18. The number of pyridine rings is 1. The van der Waals surface area contributed by atoms with E-state index in [4.69, 9.17) is 11.3 Å². The Morgan fingerprint density at radius 1 is 1.28 bits per heavy atom. The van der Waals surface area contributed by atoms with Gasteiger partial charge in [0.05, 0.1) is 30.4 Å². The summed E-state index contributed by atoms with van der Waals surface area (Å²) >= 11 is 0. The molecule has 0 amide bonds. The number of fused-ring (bicyclic) bond motifs is 1. The maximum atomic E-state index is 12.3.